The van der Waals surface area contributed by atoms with Crippen molar-refractivity contribution >= 4 is 33.2 Å². The van der Waals surface area contributed by atoms with Crippen molar-refractivity contribution in [2.75, 3.05) is 11.0 Å². The molecule has 0 radical (unpaired) electrons. The quantitative estimate of drug-likeness (QED) is 0.846. The molecule has 0 aliphatic heterocycles. The zero-order chi connectivity index (χ0) is 15.3. The molecule has 0 fully saturated rings. The van der Waals surface area contributed by atoms with Crippen molar-refractivity contribution in [3.05, 3.63) is 28.8 Å². The number of carbonyl (C=O) groups excluding carboxylic acids is 1. The second-order valence-electron chi connectivity index (χ2n) is 4.56. The van der Waals surface area contributed by atoms with Crippen molar-refractivity contribution in [3.63, 3.8) is 0 Å². The van der Waals surface area contributed by atoms with E-state index < -0.39 is 10.0 Å². The SMILES string of the molecule is CCC(CC)NC(=O)c1cc(NS(C)(=O)=O)ccc1Cl. The molecule has 1 rings (SSSR count). The van der Waals surface area contributed by atoms with Gasteiger partial charge in [-0.05, 0) is 31.0 Å². The summed E-state index contributed by atoms with van der Waals surface area (Å²) in [6.07, 6.45) is 2.69. The number of amides is 1. The third kappa shape index (κ3) is 5.02. The molecule has 0 bridgehead atoms. The van der Waals surface area contributed by atoms with Crippen molar-refractivity contribution in [2.24, 2.45) is 0 Å². The van der Waals surface area contributed by atoms with E-state index in [1.807, 2.05) is 13.8 Å². The van der Waals surface area contributed by atoms with Crippen LogP contribution in [0.4, 0.5) is 5.69 Å². The second kappa shape index (κ2) is 6.95. The van der Waals surface area contributed by atoms with Gasteiger partial charge in [-0.1, -0.05) is 25.4 Å². The first kappa shape index (κ1) is 16.8. The minimum absolute atomic E-state index is 0.0742. The van der Waals surface area contributed by atoms with Gasteiger partial charge in [-0.15, -0.1) is 0 Å². The van der Waals surface area contributed by atoms with E-state index >= 15 is 0 Å². The van der Waals surface area contributed by atoms with Gasteiger partial charge < -0.3 is 5.32 Å². The molecule has 7 heteroatoms. The molecule has 0 spiro atoms. The number of hydrogen-bond donors (Lipinski definition) is 2. The van der Waals surface area contributed by atoms with Crippen LogP contribution in [0.5, 0.6) is 0 Å². The third-order valence-electron chi connectivity index (χ3n) is 2.84. The number of nitrogens with one attached hydrogen (secondary N) is 2. The molecule has 0 unspecified atom stereocenters. The third-order valence-corrected chi connectivity index (χ3v) is 3.77. The molecule has 0 aliphatic rings. The molecule has 0 heterocycles. The van der Waals surface area contributed by atoms with Crippen LogP contribution in [0.2, 0.25) is 5.02 Å². The van der Waals surface area contributed by atoms with E-state index in [-0.39, 0.29) is 22.5 Å². The van der Waals surface area contributed by atoms with Crippen LogP contribution in [0, 0.1) is 0 Å². The van der Waals surface area contributed by atoms with Crippen LogP contribution in [-0.2, 0) is 10.0 Å². The Kier molecular flexibility index (Phi) is 5.83. The lowest BCUT2D eigenvalue weighted by Crippen LogP contribution is -2.34. The average Bonchev–Trinajstić information content (AvgIpc) is 2.36. The normalized spacial score (nSPS) is 11.4. The molecular formula is C13H19ClN2O3S. The van der Waals surface area contributed by atoms with Crippen molar-refractivity contribution in [1.29, 1.82) is 0 Å². The number of benzene rings is 1. The molecule has 112 valence electrons. The Bertz CT molecular complexity index is 583. The van der Waals surface area contributed by atoms with E-state index in [4.69, 9.17) is 11.6 Å². The summed E-state index contributed by atoms with van der Waals surface area (Å²) in [5, 5.41) is 3.15. The highest BCUT2D eigenvalue weighted by Gasteiger charge is 2.15. The van der Waals surface area contributed by atoms with Crippen LogP contribution in [0.15, 0.2) is 18.2 Å². The van der Waals surface area contributed by atoms with E-state index in [0.29, 0.717) is 5.69 Å². The zero-order valence-electron chi connectivity index (χ0n) is 11.7. The Morgan fingerprint density at radius 1 is 1.30 bits per heavy atom. The maximum atomic E-state index is 12.1. The first-order valence-corrected chi connectivity index (χ1v) is 8.62. The van der Waals surface area contributed by atoms with E-state index in [1.165, 1.54) is 18.2 Å². The van der Waals surface area contributed by atoms with Crippen LogP contribution in [0.1, 0.15) is 37.0 Å². The van der Waals surface area contributed by atoms with Gasteiger partial charge in [0.15, 0.2) is 0 Å². The lowest BCUT2D eigenvalue weighted by atomic mass is 10.1. The number of hydrogen-bond acceptors (Lipinski definition) is 3. The number of anilines is 1. The van der Waals surface area contributed by atoms with Crippen LogP contribution in [0.25, 0.3) is 0 Å². The number of sulfonamides is 1. The molecule has 0 saturated heterocycles. The highest BCUT2D eigenvalue weighted by Crippen LogP contribution is 2.21. The van der Waals surface area contributed by atoms with E-state index in [0.717, 1.165) is 19.1 Å². The first-order chi connectivity index (χ1) is 9.26. The average molecular weight is 319 g/mol. The van der Waals surface area contributed by atoms with Crippen LogP contribution >= 0.6 is 11.6 Å². The van der Waals surface area contributed by atoms with Gasteiger partial charge in [-0.3, -0.25) is 9.52 Å². The van der Waals surface area contributed by atoms with Crippen LogP contribution in [0.3, 0.4) is 0 Å². The fraction of sp³-hybridized carbons (Fsp3) is 0.462. The number of carbonyl (C=O) groups is 1. The minimum Gasteiger partial charge on any atom is -0.349 e. The van der Waals surface area contributed by atoms with Crippen molar-refractivity contribution in [1.82, 2.24) is 5.32 Å². The van der Waals surface area contributed by atoms with Crippen molar-refractivity contribution in [2.45, 2.75) is 32.7 Å². The van der Waals surface area contributed by atoms with Gasteiger partial charge in [0.1, 0.15) is 0 Å². The van der Waals surface area contributed by atoms with Crippen molar-refractivity contribution < 1.29 is 13.2 Å². The lowest BCUT2D eigenvalue weighted by molar-refractivity contribution is 0.0935. The molecule has 1 amide bonds. The summed E-state index contributed by atoms with van der Waals surface area (Å²) in [4.78, 5) is 12.1. The highest BCUT2D eigenvalue weighted by molar-refractivity contribution is 7.92. The lowest BCUT2D eigenvalue weighted by Gasteiger charge is -2.16. The summed E-state index contributed by atoms with van der Waals surface area (Å²) in [5.41, 5.74) is 0.568. The largest absolute Gasteiger partial charge is 0.349 e. The van der Waals surface area contributed by atoms with Gasteiger partial charge in [-0.25, -0.2) is 8.42 Å². The van der Waals surface area contributed by atoms with Gasteiger partial charge in [-0.2, -0.15) is 0 Å². The molecule has 0 aliphatic carbocycles. The van der Waals surface area contributed by atoms with Gasteiger partial charge in [0.2, 0.25) is 10.0 Å². The molecule has 2 N–H and O–H groups in total. The molecule has 20 heavy (non-hydrogen) atoms. The Morgan fingerprint density at radius 2 is 1.90 bits per heavy atom. The van der Waals surface area contributed by atoms with Gasteiger partial charge >= 0.3 is 0 Å². The molecular weight excluding hydrogens is 300 g/mol. The smallest absolute Gasteiger partial charge is 0.253 e. The molecule has 1 aromatic rings. The predicted molar refractivity (Wildman–Crippen MR) is 81.8 cm³/mol. The van der Waals surface area contributed by atoms with E-state index in [9.17, 15) is 13.2 Å². The maximum absolute atomic E-state index is 12.1. The fourth-order valence-corrected chi connectivity index (χ4v) is 2.49. The Morgan fingerprint density at radius 3 is 2.40 bits per heavy atom. The Hall–Kier alpha value is -1.27. The second-order valence-corrected chi connectivity index (χ2v) is 6.71. The molecule has 5 nitrogen and oxygen atoms in total. The van der Waals surface area contributed by atoms with E-state index in [2.05, 4.69) is 10.0 Å². The Balaban J connectivity index is 2.99. The summed E-state index contributed by atoms with van der Waals surface area (Å²) in [5.74, 6) is -0.305. The van der Waals surface area contributed by atoms with E-state index in [1.54, 1.807) is 0 Å². The number of rotatable bonds is 6. The summed E-state index contributed by atoms with van der Waals surface area (Å²) in [7, 11) is -3.39. The molecule has 0 saturated carbocycles. The van der Waals surface area contributed by atoms with Gasteiger partial charge in [0.05, 0.1) is 16.8 Å². The topological polar surface area (TPSA) is 75.3 Å². The van der Waals surface area contributed by atoms with Gasteiger partial charge in [0.25, 0.3) is 5.91 Å². The Labute approximate surface area is 124 Å². The monoisotopic (exact) mass is 318 g/mol. The van der Waals surface area contributed by atoms with Crippen molar-refractivity contribution in [3.8, 4) is 0 Å². The number of halogens is 1. The molecule has 0 aromatic heterocycles. The van der Waals surface area contributed by atoms with Crippen LogP contribution < -0.4 is 10.0 Å². The summed E-state index contributed by atoms with van der Waals surface area (Å²) in [6, 6.07) is 4.51. The molecule has 1 aromatic carbocycles. The zero-order valence-corrected chi connectivity index (χ0v) is 13.3. The maximum Gasteiger partial charge on any atom is 0.253 e. The molecule has 0 atom stereocenters. The van der Waals surface area contributed by atoms with Gasteiger partial charge in [0, 0.05) is 11.7 Å². The first-order valence-electron chi connectivity index (χ1n) is 6.35. The highest BCUT2D eigenvalue weighted by atomic mass is 35.5. The fourth-order valence-electron chi connectivity index (χ4n) is 1.73. The van der Waals surface area contributed by atoms with Crippen LogP contribution in [-0.4, -0.2) is 26.6 Å². The predicted octanol–water partition coefficient (Wildman–Crippen LogP) is 2.63. The standard InChI is InChI=1S/C13H19ClN2O3S/c1-4-9(5-2)15-13(17)11-8-10(6-7-12(11)14)16-20(3,18)19/h6-9,16H,4-5H2,1-3H3,(H,15,17). The minimum atomic E-state index is -3.39. The summed E-state index contributed by atoms with van der Waals surface area (Å²) < 4.78 is 24.7. The summed E-state index contributed by atoms with van der Waals surface area (Å²) >= 11 is 5.99. The summed E-state index contributed by atoms with van der Waals surface area (Å²) in [6.45, 7) is 3.97.